The summed E-state index contributed by atoms with van der Waals surface area (Å²) >= 11 is 0. The molecule has 0 saturated carbocycles. The van der Waals surface area contributed by atoms with E-state index in [0.717, 1.165) is 62.4 Å². The number of nitrogens with zero attached hydrogens (tertiary/aromatic N) is 6. The van der Waals surface area contributed by atoms with Crippen LogP contribution in [0.25, 0.3) is 89.7 Å². The van der Waals surface area contributed by atoms with E-state index in [4.69, 9.17) is 34.6 Å². The van der Waals surface area contributed by atoms with Crippen LogP contribution >= 0.6 is 0 Å². The van der Waals surface area contributed by atoms with Crippen molar-refractivity contribution in [1.29, 1.82) is 0 Å². The fourth-order valence-corrected chi connectivity index (χ4v) is 6.84. The summed E-state index contributed by atoms with van der Waals surface area (Å²) in [5, 5.41) is 3.76. The zero-order chi connectivity index (χ0) is 32.7. The Labute approximate surface area is 299 Å². The van der Waals surface area contributed by atoms with Gasteiger partial charge < -0.3 is 14.7 Å². The van der Waals surface area contributed by atoms with Gasteiger partial charge in [0.15, 0.2) is 23.3 Å². The van der Waals surface area contributed by atoms with Crippen LogP contribution in [0.15, 0.2) is 91.0 Å². The Hall–Kier alpha value is -5.44. The molecule has 9 nitrogen and oxygen atoms in total. The predicted octanol–water partition coefficient (Wildman–Crippen LogP) is 9.61. The number of nitrogens with one attached hydrogen (secondary N) is 2. The van der Waals surface area contributed by atoms with Gasteiger partial charge in [0.1, 0.15) is 28.3 Å². The van der Waals surface area contributed by atoms with Crippen LogP contribution in [0.1, 0.15) is 45.4 Å². The molecule has 2 aliphatic rings. The molecule has 0 fully saturated rings. The van der Waals surface area contributed by atoms with Crippen LogP contribution in [0, 0.1) is 0 Å². The van der Waals surface area contributed by atoms with E-state index in [1.165, 1.54) is 25.7 Å². The van der Waals surface area contributed by atoms with E-state index in [-0.39, 0.29) is 17.1 Å². The number of H-pyrrole nitrogens is 2. The second-order valence-corrected chi connectivity index (χ2v) is 12.5. The van der Waals surface area contributed by atoms with Gasteiger partial charge in [-0.1, -0.05) is 124 Å². The number of hydrogen-bond acceptors (Lipinski definition) is 7. The predicted molar refractivity (Wildman–Crippen MR) is 195 cm³/mol. The van der Waals surface area contributed by atoms with Crippen molar-refractivity contribution in [2.45, 2.75) is 45.4 Å². The van der Waals surface area contributed by atoms with Crippen LogP contribution in [0.3, 0.4) is 0 Å². The topological polar surface area (TPSA) is 118 Å². The molecular weight excluding hydrogens is 672 g/mol. The van der Waals surface area contributed by atoms with Crippen molar-refractivity contribution in [3.63, 3.8) is 0 Å². The quantitative estimate of drug-likeness (QED) is 0.119. The maximum absolute atomic E-state index is 6.45. The second kappa shape index (κ2) is 13.5. The normalized spacial score (nSPS) is 11.7. The Morgan fingerprint density at radius 1 is 0.460 bits per heavy atom. The number of ether oxygens (including phenoxy) is 1. The Morgan fingerprint density at radius 2 is 0.900 bits per heavy atom. The van der Waals surface area contributed by atoms with Crippen molar-refractivity contribution in [2.75, 3.05) is 6.61 Å². The van der Waals surface area contributed by atoms with Gasteiger partial charge in [0.2, 0.25) is 0 Å². The maximum Gasteiger partial charge on any atom is 0.168 e. The van der Waals surface area contributed by atoms with Gasteiger partial charge in [0, 0.05) is 55.3 Å². The molecule has 8 bridgehead atoms. The number of rotatable bonds is 8. The summed E-state index contributed by atoms with van der Waals surface area (Å²) in [5.74, 6) is 3.03. The Bertz CT molecular complexity index is 2550. The molecule has 0 aliphatic carbocycles. The van der Waals surface area contributed by atoms with Crippen molar-refractivity contribution in [3.05, 3.63) is 91.0 Å². The molecule has 1 radical (unpaired) electrons. The third kappa shape index (κ3) is 5.60. The van der Waals surface area contributed by atoms with Crippen LogP contribution in [0.5, 0.6) is 5.75 Å². The zero-order valence-electron chi connectivity index (χ0n) is 27.5. The molecule has 10 heteroatoms. The molecular formula is C40H34CuN8O. The molecule has 2 aliphatic heterocycles. The maximum atomic E-state index is 6.45. The molecule has 0 spiro atoms. The van der Waals surface area contributed by atoms with Gasteiger partial charge in [-0.3, -0.25) is 0 Å². The summed E-state index contributed by atoms with van der Waals surface area (Å²) in [6, 6.07) is 30.3. The average Bonchev–Trinajstić information content (AvgIpc) is 3.87. The second-order valence-electron chi connectivity index (χ2n) is 12.5. The Kier molecular flexibility index (Phi) is 8.56. The van der Waals surface area contributed by atoms with Gasteiger partial charge in [-0.15, -0.1) is 0 Å². The molecule has 0 atom stereocenters. The molecule has 9 rings (SSSR count). The number of hydrogen-bond donors (Lipinski definition) is 2. The van der Waals surface area contributed by atoms with E-state index < -0.39 is 0 Å². The average molecular weight is 706 g/mol. The van der Waals surface area contributed by atoms with Crippen molar-refractivity contribution < 1.29 is 21.8 Å². The van der Waals surface area contributed by atoms with Gasteiger partial charge >= 0.3 is 0 Å². The summed E-state index contributed by atoms with van der Waals surface area (Å²) in [5.41, 5.74) is 6.22. The van der Waals surface area contributed by atoms with E-state index in [1.54, 1.807) is 0 Å². The molecule has 0 amide bonds. The monoisotopic (exact) mass is 705 g/mol. The number of aromatic nitrogens is 8. The first kappa shape index (κ1) is 31.8. The van der Waals surface area contributed by atoms with E-state index >= 15 is 0 Å². The van der Waals surface area contributed by atoms with Gasteiger partial charge in [-0.25, -0.2) is 29.9 Å². The third-order valence-electron chi connectivity index (χ3n) is 9.30. The first-order chi connectivity index (χ1) is 24.2. The summed E-state index contributed by atoms with van der Waals surface area (Å²) in [7, 11) is 0. The molecule has 0 unspecified atom stereocenters. The Morgan fingerprint density at radius 3 is 1.46 bits per heavy atom. The first-order valence-corrected chi connectivity index (χ1v) is 17.1. The van der Waals surface area contributed by atoms with Crippen molar-refractivity contribution in [2.24, 2.45) is 0 Å². The van der Waals surface area contributed by atoms with Gasteiger partial charge in [-0.05, 0) is 12.5 Å². The SMILES string of the molecule is CCCCCCCCOc1cccc2c1-c1nc-2nc2[nH]c(nc3nc(nc4[nH]c(n1)c1ccccc41)-c1ccccc1-3)c1ccccc21.[Cu]. The van der Waals surface area contributed by atoms with Crippen LogP contribution in [-0.2, 0) is 17.1 Å². The van der Waals surface area contributed by atoms with Crippen molar-refractivity contribution in [3.8, 4) is 51.3 Å². The van der Waals surface area contributed by atoms with Crippen LogP contribution in [0.2, 0.25) is 0 Å². The molecule has 0 saturated heterocycles. The van der Waals surface area contributed by atoms with Gasteiger partial charge in [0.05, 0.1) is 12.2 Å². The summed E-state index contributed by atoms with van der Waals surface area (Å²) in [4.78, 5) is 37.5. The third-order valence-corrected chi connectivity index (χ3v) is 9.30. The number of fused-ring (bicyclic) bond motifs is 20. The van der Waals surface area contributed by atoms with Crippen LogP contribution < -0.4 is 4.74 Å². The molecule has 7 aromatic rings. The minimum atomic E-state index is 0. The van der Waals surface area contributed by atoms with Crippen LogP contribution in [-0.4, -0.2) is 46.5 Å². The van der Waals surface area contributed by atoms with Crippen molar-refractivity contribution in [1.82, 2.24) is 39.9 Å². The molecule has 4 aromatic carbocycles. The van der Waals surface area contributed by atoms with Gasteiger partial charge in [0.25, 0.3) is 0 Å². The summed E-state index contributed by atoms with van der Waals surface area (Å²) in [6.07, 6.45) is 7.17. The van der Waals surface area contributed by atoms with Gasteiger partial charge in [-0.2, -0.15) is 0 Å². The fourth-order valence-electron chi connectivity index (χ4n) is 6.84. The van der Waals surface area contributed by atoms with Crippen molar-refractivity contribution >= 4 is 44.1 Å². The minimum Gasteiger partial charge on any atom is -0.493 e. The van der Waals surface area contributed by atoms with E-state index in [2.05, 4.69) is 16.9 Å². The molecule has 50 heavy (non-hydrogen) atoms. The largest absolute Gasteiger partial charge is 0.493 e. The van der Waals surface area contributed by atoms with E-state index in [9.17, 15) is 0 Å². The molecule has 251 valence electrons. The van der Waals surface area contributed by atoms with E-state index in [0.29, 0.717) is 52.5 Å². The zero-order valence-corrected chi connectivity index (χ0v) is 28.4. The number of benzene rings is 4. The molecule has 3 aromatic heterocycles. The smallest absolute Gasteiger partial charge is 0.168 e. The van der Waals surface area contributed by atoms with Crippen LogP contribution in [0.4, 0.5) is 0 Å². The molecule has 5 heterocycles. The first-order valence-electron chi connectivity index (χ1n) is 17.1. The van der Waals surface area contributed by atoms with E-state index in [1.807, 2.05) is 91.0 Å². The minimum absolute atomic E-state index is 0. The summed E-state index contributed by atoms with van der Waals surface area (Å²) in [6.45, 7) is 2.87. The number of unbranched alkanes of at least 4 members (excludes halogenated alkanes) is 5. The Balaban J connectivity index is 0.00000361. The summed E-state index contributed by atoms with van der Waals surface area (Å²) < 4.78 is 6.45. The number of aromatic amines is 2. The fraction of sp³-hybridized carbons (Fsp3) is 0.200. The molecule has 2 N–H and O–H groups in total. The standard InChI is InChI=1S/C40H34N8O.Cu/c1-2-3-4-5-6-13-23-49-31-22-14-21-30-32(31)40-47-38-29-20-12-11-19-28(29)36(45-38)43-34-25-16-8-7-15-24(25)33(41-34)42-35-26-17-9-10-18-27(26)37(44-35)46-39(30)48-40;/h7-12,14-22H,2-6,13,23H2,1H3,(H2,41,42,43,44,45,46,47,48);.